The maximum Gasteiger partial charge on any atom is 0.311 e. The lowest BCUT2D eigenvalue weighted by Crippen LogP contribution is -2.59. The Morgan fingerprint density at radius 3 is 2.11 bits per heavy atom. The predicted octanol–water partition coefficient (Wildman–Crippen LogP) is 2.54. The molecule has 0 amide bonds. The first-order valence-electron chi connectivity index (χ1n) is 19.6. The van der Waals surface area contributed by atoms with Crippen molar-refractivity contribution in [3.63, 3.8) is 0 Å². The second-order valence-electron chi connectivity index (χ2n) is 16.8. The maximum atomic E-state index is 14.2. The summed E-state index contributed by atoms with van der Waals surface area (Å²) in [5, 5.41) is 58.4. The van der Waals surface area contributed by atoms with Crippen LogP contribution in [0.1, 0.15) is 102 Å². The predicted molar refractivity (Wildman–Crippen MR) is 201 cm³/mol. The first-order valence-corrected chi connectivity index (χ1v) is 19.6. The van der Waals surface area contributed by atoms with Gasteiger partial charge in [-0.3, -0.25) is 4.79 Å². The van der Waals surface area contributed by atoms with Crippen molar-refractivity contribution in [3.8, 4) is 0 Å². The highest BCUT2D eigenvalue weighted by atomic mass is 16.7. The Kier molecular flexibility index (Phi) is 18.1. The fourth-order valence-corrected chi connectivity index (χ4v) is 8.56. The summed E-state index contributed by atoms with van der Waals surface area (Å²) in [5.74, 6) is -2.62. The van der Waals surface area contributed by atoms with E-state index >= 15 is 0 Å². The van der Waals surface area contributed by atoms with Crippen LogP contribution in [0, 0.1) is 17.8 Å². The van der Waals surface area contributed by atoms with E-state index in [1.807, 2.05) is 51.7 Å². The maximum absolute atomic E-state index is 14.2. The van der Waals surface area contributed by atoms with E-state index in [2.05, 4.69) is 0 Å². The molecule has 14 heteroatoms. The van der Waals surface area contributed by atoms with E-state index in [1.165, 1.54) is 14.0 Å². The van der Waals surface area contributed by atoms with Gasteiger partial charge in [0.15, 0.2) is 12.6 Å². The number of nitrogens with zero attached hydrogens (tertiary/aromatic N) is 2. The molecule has 0 bridgehead atoms. The highest BCUT2D eigenvalue weighted by Crippen LogP contribution is 2.39. The lowest BCUT2D eigenvalue weighted by Gasteiger charge is -2.48. The number of hydrogen-bond donors (Lipinski definition) is 5. The molecule has 2 rings (SSSR count). The molecule has 2 aliphatic rings. The van der Waals surface area contributed by atoms with Gasteiger partial charge in [-0.2, -0.15) is 0 Å². The van der Waals surface area contributed by atoms with Crippen molar-refractivity contribution in [2.45, 2.75) is 186 Å². The number of aliphatic hydroxyl groups is 5. The molecular weight excluding hydrogens is 688 g/mol. The van der Waals surface area contributed by atoms with E-state index in [4.69, 9.17) is 28.4 Å². The number of hydrogen-bond acceptors (Lipinski definition) is 14. The Hall–Kier alpha value is -1.01. The molecule has 17 atom stereocenters. The van der Waals surface area contributed by atoms with Gasteiger partial charge >= 0.3 is 5.97 Å². The summed E-state index contributed by atoms with van der Waals surface area (Å²) in [7, 11) is 7.08. The summed E-state index contributed by atoms with van der Waals surface area (Å²) in [6, 6.07) is -0.871. The van der Waals surface area contributed by atoms with Crippen LogP contribution in [-0.2, 0) is 33.2 Å². The normalized spacial score (nSPS) is 43.4. The van der Waals surface area contributed by atoms with Crippen LogP contribution in [0.3, 0.4) is 0 Å². The Morgan fingerprint density at radius 1 is 1.00 bits per heavy atom. The second kappa shape index (κ2) is 19.9. The Labute approximate surface area is 319 Å². The van der Waals surface area contributed by atoms with Crippen LogP contribution >= 0.6 is 0 Å². The van der Waals surface area contributed by atoms with E-state index in [0.29, 0.717) is 13.0 Å². The molecule has 0 aromatic heterocycles. The third kappa shape index (κ3) is 11.5. The number of esters is 1. The SMILES string of the molecule is CCO[C@@H](O[C@@H]1[C@@H](C)[C@H](O[C@@H]2CC(C)(OC)C(O)[C@H](C)O2)[C@@H](C)C(=O)O[C@H](CC)[C@@](C)(O)[C@H](O)[C@@H](C)N(C)C[C@H](C)C[C@@]1(C)O)C(O)C(CC)N(C)C. The van der Waals surface area contributed by atoms with Crippen LogP contribution in [0.2, 0.25) is 0 Å². The standard InChI is InChI=1S/C39H76N2O12/c1-16-27(40(12)13)30(42)36(49-18-3)53-34-23(5)31(52-29-20-38(10,48-15)33(44)26(8)50-29)24(6)35(45)51-28(17-2)39(11,47)32(43)25(7)41(14)21-22(4)19-37(34,9)46/h22-34,36,42-44,46-47H,16-21H2,1-15H3/t22-,23+,24-,25-,26+,27?,28-,29-,30?,31+,32-,33?,34-,36+,37-,38?,39-/m1/s1. The quantitative estimate of drug-likeness (QED) is 0.145. The Bertz CT molecular complexity index is 1110. The molecule has 2 fully saturated rings. The minimum absolute atomic E-state index is 0.128. The fraction of sp³-hybridized carbons (Fsp3) is 0.974. The zero-order valence-electron chi connectivity index (χ0n) is 35.3. The van der Waals surface area contributed by atoms with Gasteiger partial charge in [0.1, 0.15) is 30.0 Å². The van der Waals surface area contributed by atoms with Gasteiger partial charge in [0, 0.05) is 44.7 Å². The summed E-state index contributed by atoms with van der Waals surface area (Å²) < 4.78 is 37.5. The molecule has 2 saturated heterocycles. The van der Waals surface area contributed by atoms with E-state index < -0.39 is 96.0 Å². The topological polar surface area (TPSA) is 180 Å². The highest BCUT2D eigenvalue weighted by Gasteiger charge is 2.52. The largest absolute Gasteiger partial charge is 0.459 e. The molecule has 0 radical (unpaired) electrons. The molecule has 0 aliphatic carbocycles. The van der Waals surface area contributed by atoms with Crippen LogP contribution in [0.15, 0.2) is 0 Å². The molecule has 5 N–H and O–H groups in total. The van der Waals surface area contributed by atoms with Crippen molar-refractivity contribution >= 4 is 5.97 Å². The van der Waals surface area contributed by atoms with Crippen molar-refractivity contribution in [3.05, 3.63) is 0 Å². The van der Waals surface area contributed by atoms with Crippen molar-refractivity contribution in [1.29, 1.82) is 0 Å². The van der Waals surface area contributed by atoms with Crippen molar-refractivity contribution in [1.82, 2.24) is 9.80 Å². The van der Waals surface area contributed by atoms with E-state index in [9.17, 15) is 30.3 Å². The van der Waals surface area contributed by atoms with Crippen LogP contribution in [0.25, 0.3) is 0 Å². The van der Waals surface area contributed by atoms with Crippen LogP contribution in [-0.4, -0.2) is 167 Å². The zero-order chi connectivity index (χ0) is 40.8. The summed E-state index contributed by atoms with van der Waals surface area (Å²) in [5.41, 5.74) is -4.40. The van der Waals surface area contributed by atoms with Crippen molar-refractivity contribution < 1.29 is 58.7 Å². The number of aliphatic hydroxyl groups excluding tert-OH is 3. The molecule has 0 saturated carbocycles. The van der Waals surface area contributed by atoms with Crippen LogP contribution < -0.4 is 0 Å². The molecule has 0 aromatic rings. The summed E-state index contributed by atoms with van der Waals surface area (Å²) in [4.78, 5) is 18.0. The third-order valence-corrected chi connectivity index (χ3v) is 12.0. The molecule has 4 unspecified atom stereocenters. The third-order valence-electron chi connectivity index (χ3n) is 12.0. The average Bonchev–Trinajstić information content (AvgIpc) is 3.07. The van der Waals surface area contributed by atoms with E-state index in [0.717, 1.165) is 0 Å². The van der Waals surface area contributed by atoms with Gasteiger partial charge in [-0.05, 0) is 94.8 Å². The Balaban J connectivity index is 2.81. The smallest absolute Gasteiger partial charge is 0.311 e. The van der Waals surface area contributed by atoms with Gasteiger partial charge in [-0.25, -0.2) is 0 Å². The van der Waals surface area contributed by atoms with Gasteiger partial charge in [0.25, 0.3) is 0 Å². The number of carbonyl (C=O) groups is 1. The molecule has 0 aromatic carbocycles. The van der Waals surface area contributed by atoms with Gasteiger partial charge in [0.2, 0.25) is 0 Å². The second-order valence-corrected chi connectivity index (χ2v) is 16.8. The van der Waals surface area contributed by atoms with E-state index in [-0.39, 0.29) is 37.8 Å². The highest BCUT2D eigenvalue weighted by molar-refractivity contribution is 5.73. The molecule has 14 nitrogen and oxygen atoms in total. The van der Waals surface area contributed by atoms with Gasteiger partial charge in [-0.1, -0.05) is 27.7 Å². The first kappa shape index (κ1) is 48.1. The first-order chi connectivity index (χ1) is 24.4. The molecular formula is C39H76N2O12. The minimum Gasteiger partial charge on any atom is -0.459 e. The van der Waals surface area contributed by atoms with Crippen LogP contribution in [0.4, 0.5) is 0 Å². The van der Waals surface area contributed by atoms with Crippen molar-refractivity contribution in [2.24, 2.45) is 17.8 Å². The van der Waals surface area contributed by atoms with Gasteiger partial charge in [0.05, 0.1) is 35.4 Å². The lowest BCUT2D eigenvalue weighted by atomic mass is 9.77. The number of carbonyl (C=O) groups excluding carboxylic acids is 1. The van der Waals surface area contributed by atoms with Crippen LogP contribution in [0.5, 0.6) is 0 Å². The minimum atomic E-state index is -1.80. The molecule has 0 spiro atoms. The fourth-order valence-electron chi connectivity index (χ4n) is 8.56. The lowest BCUT2D eigenvalue weighted by molar-refractivity contribution is -0.309. The average molecular weight is 765 g/mol. The zero-order valence-corrected chi connectivity index (χ0v) is 35.3. The number of likely N-dealkylation sites (N-methyl/N-ethyl adjacent to an activating group) is 2. The molecule has 2 heterocycles. The number of rotatable bonds is 12. The molecule has 2 aliphatic heterocycles. The Morgan fingerprint density at radius 2 is 1.60 bits per heavy atom. The van der Waals surface area contributed by atoms with Crippen molar-refractivity contribution in [2.75, 3.05) is 41.4 Å². The number of ether oxygens (including phenoxy) is 6. The molecule has 53 heavy (non-hydrogen) atoms. The number of methoxy groups -OCH3 is 1. The summed E-state index contributed by atoms with van der Waals surface area (Å²) in [6.45, 7) is 20.1. The summed E-state index contributed by atoms with van der Waals surface area (Å²) in [6.07, 6.45) is -8.09. The monoisotopic (exact) mass is 765 g/mol. The van der Waals surface area contributed by atoms with Gasteiger partial charge < -0.3 is 63.8 Å². The van der Waals surface area contributed by atoms with Gasteiger partial charge in [-0.15, -0.1) is 0 Å². The van der Waals surface area contributed by atoms with E-state index in [1.54, 1.807) is 48.5 Å². The molecule has 314 valence electrons. The number of cyclic esters (lactones) is 1. The summed E-state index contributed by atoms with van der Waals surface area (Å²) >= 11 is 0.